The molecule has 234 valence electrons. The van der Waals surface area contributed by atoms with Crippen LogP contribution < -0.4 is 0 Å². The molecule has 0 saturated carbocycles. The minimum absolute atomic E-state index is 0.202. The molecule has 0 fully saturated rings. The molecule has 8 aromatic rings. The highest BCUT2D eigenvalue weighted by Crippen LogP contribution is 2.63. The predicted octanol–water partition coefficient (Wildman–Crippen LogP) is 11.5. The van der Waals surface area contributed by atoms with Crippen LogP contribution in [-0.4, -0.2) is 14.5 Å². The van der Waals surface area contributed by atoms with Crippen molar-refractivity contribution in [3.8, 4) is 50.7 Å². The van der Waals surface area contributed by atoms with Gasteiger partial charge in [-0.2, -0.15) is 0 Å². The summed E-state index contributed by atoms with van der Waals surface area (Å²) in [5.74, 6) is 1.59. The van der Waals surface area contributed by atoms with E-state index in [2.05, 4.69) is 166 Å². The fraction of sp³-hybridized carbons (Fsp3) is 0.130. The van der Waals surface area contributed by atoms with Gasteiger partial charge in [-0.25, -0.2) is 9.97 Å². The Morgan fingerprint density at radius 1 is 0.510 bits per heavy atom. The van der Waals surface area contributed by atoms with Crippen LogP contribution in [0.2, 0.25) is 0 Å². The molecule has 0 saturated heterocycles. The number of hydrogen-bond donors (Lipinski definition) is 0. The standard InChI is InChI=1S/C46H35N3/c1-45(2)33-24-14-11-21-30(33)38-39-31-22-12-15-25-34(31)46(3,4)42(39)43-40(41(38)45)32-23-13-16-26-36(32)49(43)37-27-35(28-17-7-5-8-18-28)47-44(48-37)29-19-9-6-10-20-29/h5-27H,1-4H3. The molecule has 0 atom stereocenters. The normalized spacial score (nSPS) is 14.9. The maximum Gasteiger partial charge on any atom is 0.162 e. The smallest absolute Gasteiger partial charge is 0.162 e. The molecule has 2 aromatic heterocycles. The Morgan fingerprint density at radius 2 is 1.04 bits per heavy atom. The van der Waals surface area contributed by atoms with Crippen LogP contribution in [0.3, 0.4) is 0 Å². The van der Waals surface area contributed by atoms with Gasteiger partial charge in [-0.15, -0.1) is 0 Å². The third-order valence-electron chi connectivity index (χ3n) is 11.1. The number of para-hydroxylation sites is 1. The highest BCUT2D eigenvalue weighted by molar-refractivity contribution is 6.20. The Morgan fingerprint density at radius 3 is 1.71 bits per heavy atom. The van der Waals surface area contributed by atoms with Gasteiger partial charge in [-0.05, 0) is 50.6 Å². The third-order valence-corrected chi connectivity index (χ3v) is 11.1. The van der Waals surface area contributed by atoms with Gasteiger partial charge in [0, 0.05) is 38.8 Å². The van der Waals surface area contributed by atoms with Gasteiger partial charge in [0.2, 0.25) is 0 Å². The molecule has 0 N–H and O–H groups in total. The summed E-state index contributed by atoms with van der Waals surface area (Å²) >= 11 is 0. The largest absolute Gasteiger partial charge is 0.293 e. The maximum atomic E-state index is 5.42. The minimum Gasteiger partial charge on any atom is -0.293 e. The predicted molar refractivity (Wildman–Crippen MR) is 202 cm³/mol. The van der Waals surface area contributed by atoms with Crippen LogP contribution in [0, 0.1) is 0 Å². The molecule has 0 spiro atoms. The Balaban J connectivity index is 1.43. The van der Waals surface area contributed by atoms with E-state index in [9.17, 15) is 0 Å². The molecule has 0 amide bonds. The lowest BCUT2D eigenvalue weighted by Gasteiger charge is -2.27. The molecule has 0 bridgehead atoms. The zero-order valence-corrected chi connectivity index (χ0v) is 28.1. The van der Waals surface area contributed by atoms with Crippen LogP contribution in [-0.2, 0) is 10.8 Å². The van der Waals surface area contributed by atoms with E-state index in [1.165, 1.54) is 60.8 Å². The quantitative estimate of drug-likeness (QED) is 0.195. The summed E-state index contributed by atoms with van der Waals surface area (Å²) in [7, 11) is 0. The van der Waals surface area contributed by atoms with Crippen LogP contribution in [0.1, 0.15) is 49.9 Å². The lowest BCUT2D eigenvalue weighted by atomic mass is 9.76. The number of fused-ring (bicyclic) bond motifs is 12. The molecule has 2 aliphatic rings. The summed E-state index contributed by atoms with van der Waals surface area (Å²) in [5.41, 5.74) is 15.9. The summed E-state index contributed by atoms with van der Waals surface area (Å²) in [6.45, 7) is 9.63. The molecule has 3 nitrogen and oxygen atoms in total. The van der Waals surface area contributed by atoms with Crippen molar-refractivity contribution in [2.75, 3.05) is 0 Å². The monoisotopic (exact) mass is 629 g/mol. The third kappa shape index (κ3) is 3.73. The Bertz CT molecular complexity index is 2580. The summed E-state index contributed by atoms with van der Waals surface area (Å²) in [4.78, 5) is 10.6. The van der Waals surface area contributed by atoms with E-state index in [4.69, 9.17) is 9.97 Å². The molecule has 0 radical (unpaired) electrons. The van der Waals surface area contributed by atoms with E-state index < -0.39 is 0 Å². The van der Waals surface area contributed by atoms with Gasteiger partial charge in [0.05, 0.1) is 16.7 Å². The van der Waals surface area contributed by atoms with Crippen LogP contribution >= 0.6 is 0 Å². The molecule has 6 aromatic carbocycles. The second kappa shape index (κ2) is 9.87. The fourth-order valence-corrected chi connectivity index (χ4v) is 9.02. The summed E-state index contributed by atoms with van der Waals surface area (Å²) in [5, 5.41) is 2.58. The molecule has 2 aliphatic carbocycles. The Labute approximate surface area is 286 Å². The lowest BCUT2D eigenvalue weighted by Crippen LogP contribution is -2.19. The lowest BCUT2D eigenvalue weighted by molar-refractivity contribution is 0.658. The van der Waals surface area contributed by atoms with E-state index in [0.29, 0.717) is 0 Å². The van der Waals surface area contributed by atoms with Gasteiger partial charge < -0.3 is 0 Å². The molecule has 2 heterocycles. The Kier molecular flexibility index (Phi) is 5.69. The first-order chi connectivity index (χ1) is 23.9. The summed E-state index contributed by atoms with van der Waals surface area (Å²) in [6, 6.07) is 50.1. The first-order valence-electron chi connectivity index (χ1n) is 17.2. The van der Waals surface area contributed by atoms with Crippen molar-refractivity contribution in [3.05, 3.63) is 162 Å². The number of nitrogens with zero attached hydrogens (tertiary/aromatic N) is 3. The molecular formula is C46H35N3. The van der Waals surface area contributed by atoms with Crippen molar-refractivity contribution in [2.45, 2.75) is 38.5 Å². The Hall–Kier alpha value is -5.80. The molecular weight excluding hydrogens is 595 g/mol. The summed E-state index contributed by atoms with van der Waals surface area (Å²) in [6.07, 6.45) is 0. The number of rotatable bonds is 3. The zero-order valence-electron chi connectivity index (χ0n) is 28.1. The van der Waals surface area contributed by atoms with Crippen LogP contribution in [0.4, 0.5) is 0 Å². The second-order valence-electron chi connectivity index (χ2n) is 14.6. The molecule has 0 unspecified atom stereocenters. The highest BCUT2D eigenvalue weighted by Gasteiger charge is 2.47. The van der Waals surface area contributed by atoms with Crippen molar-refractivity contribution in [1.29, 1.82) is 0 Å². The SMILES string of the molecule is CC1(C)c2ccccc2-c2c3c(c4c(c21)c1ccccc1n4-c1cc(-c2ccccc2)nc(-c2ccccc2)n1)C(C)(C)c1ccccc1-3. The van der Waals surface area contributed by atoms with Gasteiger partial charge in [0.1, 0.15) is 5.82 Å². The van der Waals surface area contributed by atoms with E-state index in [1.54, 1.807) is 0 Å². The maximum absolute atomic E-state index is 5.42. The van der Waals surface area contributed by atoms with E-state index in [1.807, 2.05) is 6.07 Å². The average molecular weight is 630 g/mol. The zero-order chi connectivity index (χ0) is 33.1. The van der Waals surface area contributed by atoms with Gasteiger partial charge in [-0.3, -0.25) is 4.57 Å². The van der Waals surface area contributed by atoms with Crippen LogP contribution in [0.25, 0.3) is 72.5 Å². The average Bonchev–Trinajstić information content (AvgIpc) is 3.69. The van der Waals surface area contributed by atoms with Crippen LogP contribution in [0.5, 0.6) is 0 Å². The highest BCUT2D eigenvalue weighted by atomic mass is 15.1. The first-order valence-corrected chi connectivity index (χ1v) is 17.2. The van der Waals surface area contributed by atoms with E-state index in [-0.39, 0.29) is 10.8 Å². The minimum atomic E-state index is -0.245. The second-order valence-corrected chi connectivity index (χ2v) is 14.6. The van der Waals surface area contributed by atoms with E-state index >= 15 is 0 Å². The number of benzene rings is 6. The van der Waals surface area contributed by atoms with Gasteiger partial charge >= 0.3 is 0 Å². The van der Waals surface area contributed by atoms with Crippen LogP contribution in [0.15, 0.2) is 140 Å². The molecule has 10 rings (SSSR count). The first kappa shape index (κ1) is 28.2. The van der Waals surface area contributed by atoms with Gasteiger partial charge in [-0.1, -0.05) is 155 Å². The number of hydrogen-bond acceptors (Lipinski definition) is 2. The van der Waals surface area contributed by atoms with Crippen molar-refractivity contribution in [1.82, 2.24) is 14.5 Å². The van der Waals surface area contributed by atoms with Crippen molar-refractivity contribution < 1.29 is 0 Å². The number of aromatic nitrogens is 3. The van der Waals surface area contributed by atoms with E-state index in [0.717, 1.165) is 34.0 Å². The molecule has 0 aliphatic heterocycles. The topological polar surface area (TPSA) is 30.7 Å². The summed E-state index contributed by atoms with van der Waals surface area (Å²) < 4.78 is 2.46. The fourth-order valence-electron chi connectivity index (χ4n) is 9.02. The van der Waals surface area contributed by atoms with Gasteiger partial charge in [0.25, 0.3) is 0 Å². The van der Waals surface area contributed by atoms with Crippen molar-refractivity contribution in [3.63, 3.8) is 0 Å². The molecule has 49 heavy (non-hydrogen) atoms. The van der Waals surface area contributed by atoms with Crippen molar-refractivity contribution in [2.24, 2.45) is 0 Å². The van der Waals surface area contributed by atoms with Gasteiger partial charge in [0.15, 0.2) is 5.82 Å². The van der Waals surface area contributed by atoms with Crippen molar-refractivity contribution >= 4 is 21.8 Å². The molecule has 3 heteroatoms.